The summed E-state index contributed by atoms with van der Waals surface area (Å²) in [5, 5.41) is 0. The molecule has 0 saturated carbocycles. The monoisotopic (exact) mass is 213 g/mol. The van der Waals surface area contributed by atoms with Gasteiger partial charge < -0.3 is 9.80 Å². The molecule has 0 aromatic carbocycles. The maximum absolute atomic E-state index is 2.59. The summed E-state index contributed by atoms with van der Waals surface area (Å²) in [7, 11) is 4.44. The molecule has 1 aliphatic heterocycles. The van der Waals surface area contributed by atoms with Crippen molar-refractivity contribution in [1.82, 2.24) is 14.7 Å². The highest BCUT2D eigenvalue weighted by Gasteiger charge is 2.22. The molecule has 0 spiro atoms. The summed E-state index contributed by atoms with van der Waals surface area (Å²) >= 11 is 0. The van der Waals surface area contributed by atoms with Crippen molar-refractivity contribution in [3.63, 3.8) is 0 Å². The molecule has 1 saturated heterocycles. The van der Waals surface area contributed by atoms with E-state index < -0.39 is 0 Å². The van der Waals surface area contributed by atoms with E-state index >= 15 is 0 Å². The van der Waals surface area contributed by atoms with Gasteiger partial charge in [0, 0.05) is 44.8 Å². The molecular formula is C12H27N3. The van der Waals surface area contributed by atoms with Crippen LogP contribution in [0.2, 0.25) is 0 Å². The summed E-state index contributed by atoms with van der Waals surface area (Å²) in [6, 6.07) is 0. The third-order valence-corrected chi connectivity index (χ3v) is 3.32. The number of hydrogen-bond acceptors (Lipinski definition) is 3. The van der Waals surface area contributed by atoms with E-state index in [1.165, 1.54) is 39.3 Å². The van der Waals surface area contributed by atoms with E-state index in [0.29, 0.717) is 5.54 Å². The van der Waals surface area contributed by atoms with Gasteiger partial charge in [0.15, 0.2) is 0 Å². The molecule has 0 atom stereocenters. The van der Waals surface area contributed by atoms with E-state index in [2.05, 4.69) is 49.6 Å². The predicted molar refractivity (Wildman–Crippen MR) is 66.3 cm³/mol. The molecule has 0 bridgehead atoms. The van der Waals surface area contributed by atoms with Gasteiger partial charge in [0.05, 0.1) is 0 Å². The fourth-order valence-corrected chi connectivity index (χ4v) is 1.93. The van der Waals surface area contributed by atoms with Gasteiger partial charge in [-0.15, -0.1) is 0 Å². The molecule has 90 valence electrons. The van der Waals surface area contributed by atoms with Crippen LogP contribution in [0.15, 0.2) is 0 Å². The van der Waals surface area contributed by atoms with E-state index in [-0.39, 0.29) is 0 Å². The number of hydrogen-bond donors (Lipinski definition) is 0. The van der Waals surface area contributed by atoms with Gasteiger partial charge in [0.2, 0.25) is 0 Å². The standard InChI is InChI=1S/C12H27N3/c1-12(2,3)15-10-8-13(4)6-7-14(5)9-11-15/h6-11H2,1-5H3. The van der Waals surface area contributed by atoms with Gasteiger partial charge >= 0.3 is 0 Å². The van der Waals surface area contributed by atoms with Crippen molar-refractivity contribution in [3.05, 3.63) is 0 Å². The first-order chi connectivity index (χ1) is 6.89. The zero-order valence-electron chi connectivity index (χ0n) is 11.1. The van der Waals surface area contributed by atoms with Crippen molar-refractivity contribution >= 4 is 0 Å². The Morgan fingerprint density at radius 1 is 0.667 bits per heavy atom. The molecule has 1 heterocycles. The summed E-state index contributed by atoms with van der Waals surface area (Å²) < 4.78 is 0. The lowest BCUT2D eigenvalue weighted by atomic mass is 10.1. The molecule has 0 unspecified atom stereocenters. The van der Waals surface area contributed by atoms with Crippen LogP contribution in [0.5, 0.6) is 0 Å². The number of nitrogens with zero attached hydrogens (tertiary/aromatic N) is 3. The summed E-state index contributed by atoms with van der Waals surface area (Å²) in [5.74, 6) is 0. The second-order valence-electron chi connectivity index (χ2n) is 5.76. The zero-order chi connectivity index (χ0) is 11.5. The molecular weight excluding hydrogens is 186 g/mol. The maximum Gasteiger partial charge on any atom is 0.0126 e. The third kappa shape index (κ3) is 4.49. The van der Waals surface area contributed by atoms with Crippen molar-refractivity contribution in [2.75, 3.05) is 53.4 Å². The summed E-state index contributed by atoms with van der Waals surface area (Å²) in [4.78, 5) is 7.45. The molecule has 0 N–H and O–H groups in total. The Morgan fingerprint density at radius 2 is 1.00 bits per heavy atom. The van der Waals surface area contributed by atoms with Crippen LogP contribution in [-0.2, 0) is 0 Å². The van der Waals surface area contributed by atoms with Crippen LogP contribution in [0.3, 0.4) is 0 Å². The zero-order valence-corrected chi connectivity index (χ0v) is 11.1. The van der Waals surface area contributed by atoms with E-state index in [9.17, 15) is 0 Å². The van der Waals surface area contributed by atoms with E-state index in [4.69, 9.17) is 0 Å². The normalized spacial score (nSPS) is 24.6. The summed E-state index contributed by atoms with van der Waals surface area (Å²) in [6.45, 7) is 14.1. The van der Waals surface area contributed by atoms with Gasteiger partial charge in [-0.1, -0.05) is 0 Å². The lowest BCUT2D eigenvalue weighted by Gasteiger charge is -2.36. The molecule has 1 rings (SSSR count). The lowest BCUT2D eigenvalue weighted by molar-refractivity contribution is 0.121. The average molecular weight is 213 g/mol. The Labute approximate surface area is 95.0 Å². The SMILES string of the molecule is CN1CCN(C)CCN(C(C)(C)C)CC1. The molecule has 1 fully saturated rings. The van der Waals surface area contributed by atoms with E-state index in [1.807, 2.05) is 0 Å². The first kappa shape index (κ1) is 12.9. The van der Waals surface area contributed by atoms with Crippen LogP contribution < -0.4 is 0 Å². The van der Waals surface area contributed by atoms with Crippen molar-refractivity contribution in [3.8, 4) is 0 Å². The van der Waals surface area contributed by atoms with Crippen LogP contribution >= 0.6 is 0 Å². The Hall–Kier alpha value is -0.120. The molecule has 3 nitrogen and oxygen atoms in total. The van der Waals surface area contributed by atoms with Crippen molar-refractivity contribution in [2.45, 2.75) is 26.3 Å². The Bertz CT molecular complexity index is 172. The molecule has 15 heavy (non-hydrogen) atoms. The molecule has 0 aromatic heterocycles. The van der Waals surface area contributed by atoms with Crippen molar-refractivity contribution < 1.29 is 0 Å². The molecule has 1 aliphatic rings. The van der Waals surface area contributed by atoms with Gasteiger partial charge in [-0.25, -0.2) is 0 Å². The van der Waals surface area contributed by atoms with Crippen LogP contribution in [0.1, 0.15) is 20.8 Å². The van der Waals surface area contributed by atoms with Crippen molar-refractivity contribution in [2.24, 2.45) is 0 Å². The van der Waals surface area contributed by atoms with Gasteiger partial charge in [-0.2, -0.15) is 0 Å². The molecule has 0 aromatic rings. The quantitative estimate of drug-likeness (QED) is 0.593. The first-order valence-electron chi connectivity index (χ1n) is 6.02. The Balaban J connectivity index is 2.57. The Morgan fingerprint density at radius 3 is 1.33 bits per heavy atom. The van der Waals surface area contributed by atoms with Crippen molar-refractivity contribution in [1.29, 1.82) is 0 Å². The summed E-state index contributed by atoms with van der Waals surface area (Å²) in [5.41, 5.74) is 0.298. The molecule has 0 aliphatic carbocycles. The fraction of sp³-hybridized carbons (Fsp3) is 1.00. The highest BCUT2D eigenvalue weighted by Crippen LogP contribution is 2.13. The number of rotatable bonds is 0. The molecule has 0 radical (unpaired) electrons. The van der Waals surface area contributed by atoms with Crippen LogP contribution in [0.4, 0.5) is 0 Å². The molecule has 0 amide bonds. The highest BCUT2D eigenvalue weighted by atomic mass is 15.3. The predicted octanol–water partition coefficient (Wildman–Crippen LogP) is 0.964. The van der Waals surface area contributed by atoms with E-state index in [1.54, 1.807) is 0 Å². The number of likely N-dealkylation sites (N-methyl/N-ethyl adjacent to an activating group) is 2. The second kappa shape index (κ2) is 5.28. The maximum atomic E-state index is 2.59. The highest BCUT2D eigenvalue weighted by molar-refractivity contribution is 4.79. The minimum atomic E-state index is 0.298. The average Bonchev–Trinajstić information content (AvgIpc) is 2.18. The lowest BCUT2D eigenvalue weighted by Crippen LogP contribution is -2.46. The van der Waals surface area contributed by atoms with Gasteiger partial charge in [0.25, 0.3) is 0 Å². The van der Waals surface area contributed by atoms with Gasteiger partial charge in [-0.3, -0.25) is 4.90 Å². The Kier molecular flexibility index (Phi) is 4.56. The first-order valence-corrected chi connectivity index (χ1v) is 6.02. The van der Waals surface area contributed by atoms with Crippen LogP contribution in [-0.4, -0.2) is 73.6 Å². The van der Waals surface area contributed by atoms with Crippen LogP contribution in [0.25, 0.3) is 0 Å². The minimum absolute atomic E-state index is 0.298. The fourth-order valence-electron chi connectivity index (χ4n) is 1.93. The topological polar surface area (TPSA) is 9.72 Å². The smallest absolute Gasteiger partial charge is 0.0126 e. The molecule has 3 heteroatoms. The van der Waals surface area contributed by atoms with Crippen LogP contribution in [0, 0.1) is 0 Å². The third-order valence-electron chi connectivity index (χ3n) is 3.32. The second-order valence-corrected chi connectivity index (χ2v) is 5.76. The van der Waals surface area contributed by atoms with E-state index in [0.717, 1.165) is 0 Å². The van der Waals surface area contributed by atoms with Gasteiger partial charge in [0.1, 0.15) is 0 Å². The van der Waals surface area contributed by atoms with Gasteiger partial charge in [-0.05, 0) is 34.9 Å². The minimum Gasteiger partial charge on any atom is -0.304 e. The summed E-state index contributed by atoms with van der Waals surface area (Å²) in [6.07, 6.45) is 0. The largest absolute Gasteiger partial charge is 0.304 e.